The molecule has 1 saturated carbocycles. The average Bonchev–Trinajstić information content (AvgIpc) is 3.31. The number of hydrogen-bond acceptors (Lipinski definition) is 2. The van der Waals surface area contributed by atoms with Crippen LogP contribution >= 0.6 is 0 Å². The highest BCUT2D eigenvalue weighted by Gasteiger charge is 2.70. The Hall–Kier alpha value is -1.12. The van der Waals surface area contributed by atoms with Crippen LogP contribution in [0.3, 0.4) is 0 Å². The van der Waals surface area contributed by atoms with E-state index in [2.05, 4.69) is 36.9 Å². The van der Waals surface area contributed by atoms with E-state index in [0.717, 1.165) is 12.8 Å². The zero-order valence-corrected chi connectivity index (χ0v) is 10.4. The van der Waals surface area contributed by atoms with Crippen molar-refractivity contribution < 1.29 is 9.47 Å². The molecule has 3 fully saturated rings. The highest BCUT2D eigenvalue weighted by Crippen LogP contribution is 2.61. The molecule has 1 aliphatic carbocycles. The monoisotopic (exact) mass is 242 g/mol. The third kappa shape index (κ3) is 1.49. The molecule has 2 heterocycles. The van der Waals surface area contributed by atoms with E-state index in [1.165, 1.54) is 12.0 Å². The van der Waals surface area contributed by atoms with Gasteiger partial charge in [-0.25, -0.2) is 0 Å². The topological polar surface area (TPSA) is 25.1 Å². The van der Waals surface area contributed by atoms with E-state index in [-0.39, 0.29) is 17.8 Å². The van der Waals surface area contributed by atoms with Gasteiger partial charge in [0.15, 0.2) is 0 Å². The van der Waals surface area contributed by atoms with Crippen molar-refractivity contribution in [3.8, 4) is 0 Å². The molecule has 0 amide bonds. The predicted octanol–water partition coefficient (Wildman–Crippen LogP) is 3.25. The molecule has 2 saturated heterocycles. The summed E-state index contributed by atoms with van der Waals surface area (Å²) in [6.07, 6.45) is 6.49. The van der Waals surface area contributed by atoms with E-state index in [4.69, 9.17) is 9.47 Å². The first-order chi connectivity index (χ1) is 8.83. The number of ether oxygens (including phenoxy) is 2. The summed E-state index contributed by atoms with van der Waals surface area (Å²) in [5.41, 5.74) is 1.33. The molecule has 0 bridgehead atoms. The molecule has 0 spiro atoms. The molecule has 94 valence electrons. The van der Waals surface area contributed by atoms with Gasteiger partial charge in [-0.2, -0.15) is 0 Å². The first-order valence-corrected chi connectivity index (χ1v) is 6.84. The third-order valence-corrected chi connectivity index (χ3v) is 4.71. The lowest BCUT2D eigenvalue weighted by atomic mass is 9.79. The van der Waals surface area contributed by atoms with Crippen LogP contribution in [0.1, 0.15) is 30.9 Å². The van der Waals surface area contributed by atoms with Gasteiger partial charge in [0.05, 0.1) is 6.10 Å². The Morgan fingerprint density at radius 1 is 1.28 bits per heavy atom. The second-order valence-electron chi connectivity index (χ2n) is 5.72. The summed E-state index contributed by atoms with van der Waals surface area (Å²) < 4.78 is 11.9. The second kappa shape index (κ2) is 3.69. The summed E-state index contributed by atoms with van der Waals surface area (Å²) in [6, 6.07) is 10.5. The second-order valence-corrected chi connectivity index (χ2v) is 5.72. The molecule has 5 unspecified atom stereocenters. The molecule has 4 rings (SSSR count). The standard InChI is InChI=1S/C16H18O2/c1-2-11-8-9-16(13(10-11)18-16)15-14(17-15)12-6-4-3-5-7-12/h2-7,11,13-15H,1,8-10H2. The van der Waals surface area contributed by atoms with Crippen molar-refractivity contribution >= 4 is 0 Å². The Morgan fingerprint density at radius 3 is 2.83 bits per heavy atom. The largest absolute Gasteiger partial charge is 0.363 e. The number of benzene rings is 1. The first-order valence-electron chi connectivity index (χ1n) is 6.84. The summed E-state index contributed by atoms with van der Waals surface area (Å²) in [4.78, 5) is 0. The first kappa shape index (κ1) is 10.8. The van der Waals surface area contributed by atoms with E-state index in [1.807, 2.05) is 6.07 Å². The van der Waals surface area contributed by atoms with E-state index in [9.17, 15) is 0 Å². The Bertz CT molecular complexity index is 469. The maximum atomic E-state index is 6.00. The molecule has 2 heteroatoms. The number of epoxide rings is 2. The maximum Gasteiger partial charge on any atom is 0.124 e. The number of hydrogen-bond donors (Lipinski definition) is 0. The lowest BCUT2D eigenvalue weighted by molar-refractivity contribution is 0.220. The SMILES string of the molecule is C=CC1CCC2(C3OC3c3ccccc3)OC2C1. The van der Waals surface area contributed by atoms with Crippen LogP contribution in [0.5, 0.6) is 0 Å². The van der Waals surface area contributed by atoms with Crippen LogP contribution in [0.4, 0.5) is 0 Å². The Balaban J connectivity index is 1.47. The fraction of sp³-hybridized carbons (Fsp3) is 0.500. The Morgan fingerprint density at radius 2 is 2.11 bits per heavy atom. The minimum absolute atomic E-state index is 0.0417. The predicted molar refractivity (Wildman–Crippen MR) is 69.2 cm³/mol. The van der Waals surface area contributed by atoms with Gasteiger partial charge >= 0.3 is 0 Å². The van der Waals surface area contributed by atoms with Gasteiger partial charge in [0.1, 0.15) is 17.8 Å². The van der Waals surface area contributed by atoms with Crippen molar-refractivity contribution in [2.45, 2.75) is 43.2 Å². The summed E-state index contributed by atoms with van der Waals surface area (Å²) in [7, 11) is 0. The van der Waals surface area contributed by atoms with Gasteiger partial charge in [0.25, 0.3) is 0 Å². The van der Waals surface area contributed by atoms with E-state index < -0.39 is 0 Å². The van der Waals surface area contributed by atoms with Crippen LogP contribution in [0.15, 0.2) is 43.0 Å². The van der Waals surface area contributed by atoms with Crippen molar-refractivity contribution in [1.82, 2.24) is 0 Å². The van der Waals surface area contributed by atoms with E-state index in [0.29, 0.717) is 12.0 Å². The van der Waals surface area contributed by atoms with Gasteiger partial charge in [0, 0.05) is 0 Å². The van der Waals surface area contributed by atoms with Gasteiger partial charge in [-0.1, -0.05) is 36.4 Å². The molecule has 3 aliphatic rings. The lowest BCUT2D eigenvalue weighted by Gasteiger charge is -2.20. The van der Waals surface area contributed by atoms with Crippen molar-refractivity contribution in [3.63, 3.8) is 0 Å². The molecule has 1 aromatic rings. The average molecular weight is 242 g/mol. The summed E-state index contributed by atoms with van der Waals surface area (Å²) in [5.74, 6) is 0.638. The van der Waals surface area contributed by atoms with Crippen molar-refractivity contribution in [3.05, 3.63) is 48.6 Å². The summed E-state index contributed by atoms with van der Waals surface area (Å²) >= 11 is 0. The van der Waals surface area contributed by atoms with E-state index in [1.54, 1.807) is 0 Å². The van der Waals surface area contributed by atoms with Gasteiger partial charge in [-0.3, -0.25) is 0 Å². The van der Waals surface area contributed by atoms with Crippen molar-refractivity contribution in [1.29, 1.82) is 0 Å². The summed E-state index contributed by atoms with van der Waals surface area (Å²) in [6.45, 7) is 3.90. The molecule has 2 aliphatic heterocycles. The highest BCUT2D eigenvalue weighted by atomic mass is 16.7. The van der Waals surface area contributed by atoms with E-state index >= 15 is 0 Å². The van der Waals surface area contributed by atoms with Gasteiger partial charge in [-0.15, -0.1) is 6.58 Å². The van der Waals surface area contributed by atoms with Gasteiger partial charge in [0.2, 0.25) is 0 Å². The molecule has 5 atom stereocenters. The minimum atomic E-state index is 0.0417. The van der Waals surface area contributed by atoms with Crippen LogP contribution in [-0.2, 0) is 9.47 Å². The third-order valence-electron chi connectivity index (χ3n) is 4.71. The number of fused-ring (bicyclic) bond motifs is 1. The molecule has 0 radical (unpaired) electrons. The number of rotatable bonds is 3. The van der Waals surface area contributed by atoms with Crippen molar-refractivity contribution in [2.24, 2.45) is 5.92 Å². The molecular formula is C16H18O2. The van der Waals surface area contributed by atoms with Gasteiger partial charge in [-0.05, 0) is 30.7 Å². The zero-order valence-electron chi connectivity index (χ0n) is 10.4. The smallest absolute Gasteiger partial charge is 0.124 e. The van der Waals surface area contributed by atoms with Crippen LogP contribution in [0.25, 0.3) is 0 Å². The summed E-state index contributed by atoms with van der Waals surface area (Å²) in [5, 5.41) is 0. The zero-order chi connectivity index (χ0) is 12.2. The molecule has 0 aromatic heterocycles. The molecular weight excluding hydrogens is 224 g/mol. The fourth-order valence-corrected chi connectivity index (χ4v) is 3.49. The van der Waals surface area contributed by atoms with Crippen LogP contribution < -0.4 is 0 Å². The van der Waals surface area contributed by atoms with Crippen molar-refractivity contribution in [2.75, 3.05) is 0 Å². The van der Waals surface area contributed by atoms with Crippen LogP contribution in [-0.4, -0.2) is 17.8 Å². The van der Waals surface area contributed by atoms with Gasteiger partial charge < -0.3 is 9.47 Å². The minimum Gasteiger partial charge on any atom is -0.363 e. The molecule has 18 heavy (non-hydrogen) atoms. The normalized spacial score (nSPS) is 45.1. The highest BCUT2D eigenvalue weighted by molar-refractivity contribution is 5.28. The van der Waals surface area contributed by atoms with Crippen LogP contribution in [0.2, 0.25) is 0 Å². The Labute approximate surface area is 108 Å². The lowest BCUT2D eigenvalue weighted by Crippen LogP contribution is -2.29. The van der Waals surface area contributed by atoms with Crippen LogP contribution in [0, 0.1) is 5.92 Å². The molecule has 1 aromatic carbocycles. The molecule has 2 nitrogen and oxygen atoms in total. The Kier molecular flexibility index (Phi) is 2.21. The molecule has 0 N–H and O–H groups in total. The fourth-order valence-electron chi connectivity index (χ4n) is 3.49. The number of allylic oxidation sites excluding steroid dienone is 1. The maximum absolute atomic E-state index is 6.00. The quantitative estimate of drug-likeness (QED) is 0.600.